The Kier molecular flexibility index (Phi) is 6.36. The fourth-order valence-electron chi connectivity index (χ4n) is 1.51. The summed E-state index contributed by atoms with van der Waals surface area (Å²) in [4.78, 5) is 11.9. The van der Waals surface area contributed by atoms with Gasteiger partial charge in [-0.25, -0.2) is 0 Å². The molecule has 0 aromatic heterocycles. The average molecular weight is 315 g/mol. The first-order valence-corrected chi connectivity index (χ1v) is 6.78. The van der Waals surface area contributed by atoms with Crippen molar-refractivity contribution in [2.75, 3.05) is 20.3 Å². The van der Waals surface area contributed by atoms with Crippen molar-refractivity contribution in [3.8, 4) is 5.75 Å². The number of Topliss-reactive ketones (excluding diaryl/α,β-unsaturated/α-hetero) is 1. The van der Waals surface area contributed by atoms with Gasteiger partial charge in [0.05, 0.1) is 11.1 Å². The van der Waals surface area contributed by atoms with Gasteiger partial charge in [-0.1, -0.05) is 13.8 Å². The maximum atomic E-state index is 11.9. The van der Waals surface area contributed by atoms with E-state index in [9.17, 15) is 4.79 Å². The van der Waals surface area contributed by atoms with Gasteiger partial charge in [-0.2, -0.15) is 0 Å². The third-order valence-corrected chi connectivity index (χ3v) is 3.01. The molecular formula is C14H19BrO3. The molecule has 1 aromatic rings. The van der Waals surface area contributed by atoms with Crippen molar-refractivity contribution in [2.24, 2.45) is 5.92 Å². The number of ether oxygens (including phenoxy) is 2. The van der Waals surface area contributed by atoms with Crippen LogP contribution in [-0.2, 0) is 4.74 Å². The van der Waals surface area contributed by atoms with Gasteiger partial charge in [-0.15, -0.1) is 0 Å². The zero-order valence-corrected chi connectivity index (χ0v) is 12.6. The quantitative estimate of drug-likeness (QED) is 0.568. The lowest BCUT2D eigenvalue weighted by Gasteiger charge is -2.09. The van der Waals surface area contributed by atoms with Crippen LogP contribution in [0.3, 0.4) is 0 Å². The molecule has 0 N–H and O–H groups in total. The van der Waals surface area contributed by atoms with Gasteiger partial charge in [0.2, 0.25) is 0 Å². The normalized spacial score (nSPS) is 10.7. The Morgan fingerprint density at radius 1 is 1.33 bits per heavy atom. The molecule has 100 valence electrons. The van der Waals surface area contributed by atoms with Crippen molar-refractivity contribution in [3.05, 3.63) is 28.2 Å². The largest absolute Gasteiger partial charge is 0.490 e. The summed E-state index contributed by atoms with van der Waals surface area (Å²) >= 11 is 3.42. The van der Waals surface area contributed by atoms with E-state index in [0.717, 1.165) is 15.8 Å². The summed E-state index contributed by atoms with van der Waals surface area (Å²) in [6.07, 6.45) is 0.566. The summed E-state index contributed by atoms with van der Waals surface area (Å²) in [5.74, 6) is 1.26. The molecule has 18 heavy (non-hydrogen) atoms. The molecule has 0 amide bonds. The molecule has 4 heteroatoms. The Morgan fingerprint density at radius 3 is 2.61 bits per heavy atom. The molecule has 0 saturated carbocycles. The average Bonchev–Trinajstić information content (AvgIpc) is 2.30. The van der Waals surface area contributed by atoms with E-state index in [1.165, 1.54) is 0 Å². The first-order valence-electron chi connectivity index (χ1n) is 5.99. The zero-order chi connectivity index (χ0) is 13.5. The van der Waals surface area contributed by atoms with E-state index in [-0.39, 0.29) is 5.78 Å². The fourth-order valence-corrected chi connectivity index (χ4v) is 2.01. The third-order valence-electron chi connectivity index (χ3n) is 2.39. The lowest BCUT2D eigenvalue weighted by Crippen LogP contribution is -2.06. The molecular weight excluding hydrogens is 296 g/mol. The summed E-state index contributed by atoms with van der Waals surface area (Å²) in [5, 5.41) is 0. The van der Waals surface area contributed by atoms with Crippen molar-refractivity contribution in [2.45, 2.75) is 20.3 Å². The molecule has 0 saturated heterocycles. The Balaban J connectivity index is 2.69. The van der Waals surface area contributed by atoms with Gasteiger partial charge in [0.1, 0.15) is 12.4 Å². The molecule has 0 unspecified atom stereocenters. The highest BCUT2D eigenvalue weighted by Gasteiger charge is 2.10. The van der Waals surface area contributed by atoms with Crippen LogP contribution in [0.5, 0.6) is 5.75 Å². The maximum Gasteiger partial charge on any atom is 0.163 e. The number of carbonyl (C=O) groups is 1. The molecule has 0 aliphatic heterocycles. The second-order valence-corrected chi connectivity index (χ2v) is 5.36. The summed E-state index contributed by atoms with van der Waals surface area (Å²) < 4.78 is 11.2. The van der Waals surface area contributed by atoms with Gasteiger partial charge >= 0.3 is 0 Å². The summed E-state index contributed by atoms with van der Waals surface area (Å²) in [5.41, 5.74) is 0.717. The third kappa shape index (κ3) is 4.78. The zero-order valence-electron chi connectivity index (χ0n) is 11.0. The highest BCUT2D eigenvalue weighted by atomic mass is 79.9. The summed E-state index contributed by atoms with van der Waals surface area (Å²) in [6.45, 7) is 5.11. The number of methoxy groups -OCH3 is 1. The first-order chi connectivity index (χ1) is 8.54. The van der Waals surface area contributed by atoms with Crippen molar-refractivity contribution >= 4 is 21.7 Å². The van der Waals surface area contributed by atoms with E-state index in [0.29, 0.717) is 25.6 Å². The number of hydrogen-bond donors (Lipinski definition) is 0. The van der Waals surface area contributed by atoms with Crippen molar-refractivity contribution in [1.82, 2.24) is 0 Å². The second kappa shape index (κ2) is 7.54. The number of carbonyl (C=O) groups excluding carboxylic acids is 1. The Bertz CT molecular complexity index is 402. The Hall–Kier alpha value is -0.870. The SMILES string of the molecule is COCCOc1ccc(C(=O)CC(C)C)cc1Br. The predicted octanol–water partition coefficient (Wildman–Crippen LogP) is 3.70. The van der Waals surface area contributed by atoms with E-state index in [1.807, 2.05) is 26.0 Å². The van der Waals surface area contributed by atoms with Crippen LogP contribution in [0.2, 0.25) is 0 Å². The maximum absolute atomic E-state index is 11.9. The van der Waals surface area contributed by atoms with Crippen LogP contribution in [0.1, 0.15) is 30.6 Å². The second-order valence-electron chi connectivity index (χ2n) is 4.51. The van der Waals surface area contributed by atoms with Crippen molar-refractivity contribution in [1.29, 1.82) is 0 Å². The minimum absolute atomic E-state index is 0.161. The van der Waals surface area contributed by atoms with Gasteiger partial charge in [0.15, 0.2) is 5.78 Å². The Morgan fingerprint density at radius 2 is 2.06 bits per heavy atom. The molecule has 0 radical (unpaired) electrons. The lowest BCUT2D eigenvalue weighted by molar-refractivity contribution is 0.0967. The highest BCUT2D eigenvalue weighted by molar-refractivity contribution is 9.10. The fraction of sp³-hybridized carbons (Fsp3) is 0.500. The van der Waals surface area contributed by atoms with E-state index in [4.69, 9.17) is 9.47 Å². The molecule has 0 bridgehead atoms. The van der Waals surface area contributed by atoms with Crippen LogP contribution >= 0.6 is 15.9 Å². The van der Waals surface area contributed by atoms with Crippen LogP contribution in [0.25, 0.3) is 0 Å². The molecule has 1 rings (SSSR count). The highest BCUT2D eigenvalue weighted by Crippen LogP contribution is 2.26. The molecule has 0 aliphatic carbocycles. The van der Waals surface area contributed by atoms with Crippen LogP contribution < -0.4 is 4.74 Å². The number of rotatable bonds is 7. The van der Waals surface area contributed by atoms with Crippen molar-refractivity contribution < 1.29 is 14.3 Å². The van der Waals surface area contributed by atoms with E-state index in [1.54, 1.807) is 13.2 Å². The van der Waals surface area contributed by atoms with E-state index >= 15 is 0 Å². The number of hydrogen-bond acceptors (Lipinski definition) is 3. The van der Waals surface area contributed by atoms with E-state index < -0.39 is 0 Å². The number of ketones is 1. The molecule has 0 fully saturated rings. The topological polar surface area (TPSA) is 35.5 Å². The monoisotopic (exact) mass is 314 g/mol. The van der Waals surface area contributed by atoms with Gasteiger partial charge in [0.25, 0.3) is 0 Å². The van der Waals surface area contributed by atoms with E-state index in [2.05, 4.69) is 15.9 Å². The smallest absolute Gasteiger partial charge is 0.163 e. The molecule has 1 aromatic carbocycles. The predicted molar refractivity (Wildman–Crippen MR) is 75.3 cm³/mol. The van der Waals surface area contributed by atoms with Crippen molar-refractivity contribution in [3.63, 3.8) is 0 Å². The number of benzene rings is 1. The minimum atomic E-state index is 0.161. The summed E-state index contributed by atoms with van der Waals surface area (Å²) in [6, 6.07) is 5.43. The van der Waals surface area contributed by atoms with Gasteiger partial charge in [0, 0.05) is 19.1 Å². The van der Waals surface area contributed by atoms with Crippen LogP contribution in [0, 0.1) is 5.92 Å². The minimum Gasteiger partial charge on any atom is -0.490 e. The summed E-state index contributed by atoms with van der Waals surface area (Å²) in [7, 11) is 1.63. The lowest BCUT2D eigenvalue weighted by atomic mass is 10.0. The van der Waals surface area contributed by atoms with Crippen LogP contribution in [0.15, 0.2) is 22.7 Å². The van der Waals surface area contributed by atoms with Gasteiger partial charge < -0.3 is 9.47 Å². The Labute approximate surface area is 117 Å². The molecule has 0 atom stereocenters. The molecule has 0 heterocycles. The first kappa shape index (κ1) is 15.2. The van der Waals surface area contributed by atoms with Crippen LogP contribution in [-0.4, -0.2) is 26.1 Å². The van der Waals surface area contributed by atoms with Gasteiger partial charge in [-0.05, 0) is 40.0 Å². The number of halogens is 1. The molecule has 0 spiro atoms. The van der Waals surface area contributed by atoms with Gasteiger partial charge in [-0.3, -0.25) is 4.79 Å². The van der Waals surface area contributed by atoms with Crippen LogP contribution in [0.4, 0.5) is 0 Å². The molecule has 0 aliphatic rings. The standard InChI is InChI=1S/C14H19BrO3/c1-10(2)8-13(16)11-4-5-14(12(15)9-11)18-7-6-17-3/h4-5,9-10H,6-8H2,1-3H3. The molecule has 3 nitrogen and oxygen atoms in total.